The summed E-state index contributed by atoms with van der Waals surface area (Å²) >= 11 is 0. The Morgan fingerprint density at radius 2 is 1.89 bits per heavy atom. The van der Waals surface area contributed by atoms with Crippen molar-refractivity contribution in [3.8, 4) is 0 Å². The molecule has 1 aliphatic rings. The van der Waals surface area contributed by atoms with E-state index in [2.05, 4.69) is 20.6 Å². The van der Waals surface area contributed by atoms with E-state index in [0.29, 0.717) is 16.7 Å². The smallest absolute Gasteiger partial charge is 0.158 e. The largest absolute Gasteiger partial charge is 0.397 e. The van der Waals surface area contributed by atoms with Gasteiger partial charge in [0.25, 0.3) is 0 Å². The quantitative estimate of drug-likeness (QED) is 0.661. The molecule has 1 atom stereocenters. The number of hydrogen-bond acceptors (Lipinski definition) is 7. The molecule has 7 heteroatoms. The fourth-order valence-corrected chi connectivity index (χ4v) is 2.75. The maximum absolute atomic E-state index is 5.86. The van der Waals surface area contributed by atoms with E-state index in [0.717, 1.165) is 36.2 Å². The third kappa shape index (κ3) is 1.44. The van der Waals surface area contributed by atoms with Crippen molar-refractivity contribution in [2.75, 3.05) is 5.73 Å². The van der Waals surface area contributed by atoms with Crippen LogP contribution >= 0.6 is 0 Å². The van der Waals surface area contributed by atoms with Crippen molar-refractivity contribution in [3.05, 3.63) is 29.1 Å². The lowest BCUT2D eigenvalue weighted by molar-refractivity contribution is 0.300. The molecule has 0 fully saturated rings. The van der Waals surface area contributed by atoms with Gasteiger partial charge in [0.05, 0.1) is 5.69 Å². The Bertz CT molecular complexity index is 748. The number of nitrogens with two attached hydrogens (primary N) is 1. The molecule has 7 nitrogen and oxygen atoms in total. The van der Waals surface area contributed by atoms with Gasteiger partial charge in [-0.05, 0) is 41.2 Å². The topological polar surface area (TPSA) is 104 Å². The highest BCUT2D eigenvalue weighted by atomic mass is 16.6. The van der Waals surface area contributed by atoms with Gasteiger partial charge in [0.15, 0.2) is 5.52 Å². The molecule has 4 rings (SSSR count). The molecule has 1 aliphatic carbocycles. The third-order valence-electron chi connectivity index (χ3n) is 3.68. The van der Waals surface area contributed by atoms with E-state index in [9.17, 15) is 0 Å². The summed E-state index contributed by atoms with van der Waals surface area (Å²) in [6.07, 6.45) is 2.93. The van der Waals surface area contributed by atoms with Crippen molar-refractivity contribution < 1.29 is 9.26 Å². The van der Waals surface area contributed by atoms with Crippen LogP contribution in [-0.4, -0.2) is 20.6 Å². The van der Waals surface area contributed by atoms with Crippen LogP contribution in [0.1, 0.15) is 35.7 Å². The lowest BCUT2D eigenvalue weighted by Gasteiger charge is -2.19. The molecule has 0 saturated heterocycles. The van der Waals surface area contributed by atoms with Crippen LogP contribution in [0.25, 0.3) is 11.0 Å². The Kier molecular flexibility index (Phi) is 2.08. The Balaban J connectivity index is 1.93. The van der Waals surface area contributed by atoms with Crippen molar-refractivity contribution in [1.29, 1.82) is 0 Å². The maximum Gasteiger partial charge on any atom is 0.158 e. The van der Waals surface area contributed by atoms with E-state index in [-0.39, 0.29) is 5.92 Å². The highest BCUT2D eigenvalue weighted by Crippen LogP contribution is 2.38. The standard InChI is InChI=1S/C12H11N5O2/c13-8-5-4-7(11-12(8)17-19-16-11)6-2-1-3-9-10(6)15-18-14-9/h4-6H,1-3,13H2/t6-/m0/s1. The first-order valence-electron chi connectivity index (χ1n) is 6.16. The fraction of sp³-hybridized carbons (Fsp3) is 0.333. The molecule has 2 aromatic heterocycles. The van der Waals surface area contributed by atoms with E-state index in [4.69, 9.17) is 15.0 Å². The maximum atomic E-state index is 5.86. The minimum absolute atomic E-state index is 0.116. The molecule has 96 valence electrons. The normalized spacial score (nSPS) is 18.6. The zero-order valence-electron chi connectivity index (χ0n) is 10.0. The van der Waals surface area contributed by atoms with E-state index in [1.807, 2.05) is 12.1 Å². The molecule has 0 saturated carbocycles. The number of aromatic nitrogens is 4. The Hall–Kier alpha value is -2.44. The molecule has 0 spiro atoms. The molecule has 0 radical (unpaired) electrons. The SMILES string of the molecule is Nc1ccc([C@@H]2CCCc3nonc32)c2nonc12. The highest BCUT2D eigenvalue weighted by Gasteiger charge is 2.29. The lowest BCUT2D eigenvalue weighted by atomic mass is 9.84. The van der Waals surface area contributed by atoms with Gasteiger partial charge in [-0.25, -0.2) is 9.26 Å². The lowest BCUT2D eigenvalue weighted by Crippen LogP contribution is -2.11. The van der Waals surface area contributed by atoms with Crippen LogP contribution in [0.5, 0.6) is 0 Å². The van der Waals surface area contributed by atoms with Crippen LogP contribution in [0, 0.1) is 0 Å². The first kappa shape index (κ1) is 10.5. The first-order chi connectivity index (χ1) is 9.34. The predicted molar refractivity (Wildman–Crippen MR) is 65.3 cm³/mol. The zero-order chi connectivity index (χ0) is 12.8. The average Bonchev–Trinajstić information content (AvgIpc) is 3.08. The van der Waals surface area contributed by atoms with Crippen LogP contribution in [0.4, 0.5) is 5.69 Å². The van der Waals surface area contributed by atoms with Crippen molar-refractivity contribution in [2.24, 2.45) is 0 Å². The molecule has 0 aliphatic heterocycles. The van der Waals surface area contributed by atoms with E-state index in [1.165, 1.54) is 0 Å². The van der Waals surface area contributed by atoms with Gasteiger partial charge in [0, 0.05) is 5.92 Å². The summed E-state index contributed by atoms with van der Waals surface area (Å²) in [5.74, 6) is 0.116. The molecule has 0 amide bonds. The van der Waals surface area contributed by atoms with Gasteiger partial charge in [-0.3, -0.25) is 0 Å². The number of rotatable bonds is 1. The van der Waals surface area contributed by atoms with E-state index in [1.54, 1.807) is 0 Å². The summed E-state index contributed by atoms with van der Waals surface area (Å²) in [5.41, 5.74) is 10.6. The summed E-state index contributed by atoms with van der Waals surface area (Å²) in [5, 5.41) is 15.8. The molecular weight excluding hydrogens is 246 g/mol. The number of hydrogen-bond donors (Lipinski definition) is 1. The fourth-order valence-electron chi connectivity index (χ4n) is 2.75. The highest BCUT2D eigenvalue weighted by molar-refractivity contribution is 5.88. The van der Waals surface area contributed by atoms with E-state index >= 15 is 0 Å². The molecule has 0 bridgehead atoms. The number of fused-ring (bicyclic) bond motifs is 2. The summed E-state index contributed by atoms with van der Waals surface area (Å²) in [6.45, 7) is 0. The van der Waals surface area contributed by atoms with Crippen LogP contribution in [0.3, 0.4) is 0 Å². The Morgan fingerprint density at radius 1 is 1.05 bits per heavy atom. The van der Waals surface area contributed by atoms with Crippen molar-refractivity contribution in [2.45, 2.75) is 25.2 Å². The Labute approximate surface area is 107 Å². The van der Waals surface area contributed by atoms with Crippen LogP contribution in [-0.2, 0) is 6.42 Å². The second-order valence-electron chi connectivity index (χ2n) is 4.75. The second kappa shape index (κ2) is 3.78. The van der Waals surface area contributed by atoms with Crippen LogP contribution < -0.4 is 5.73 Å². The number of benzene rings is 1. The summed E-state index contributed by atoms with van der Waals surface area (Å²) in [6, 6.07) is 3.78. The number of nitrogens with zero attached hydrogens (tertiary/aromatic N) is 4. The zero-order valence-corrected chi connectivity index (χ0v) is 10.0. The van der Waals surface area contributed by atoms with Gasteiger partial charge in [-0.1, -0.05) is 16.4 Å². The first-order valence-corrected chi connectivity index (χ1v) is 6.16. The van der Waals surface area contributed by atoms with E-state index < -0.39 is 0 Å². The van der Waals surface area contributed by atoms with Crippen molar-refractivity contribution in [1.82, 2.24) is 20.6 Å². The minimum atomic E-state index is 0.116. The van der Waals surface area contributed by atoms with Crippen LogP contribution in [0.15, 0.2) is 21.4 Å². The second-order valence-corrected chi connectivity index (χ2v) is 4.75. The van der Waals surface area contributed by atoms with Gasteiger partial charge in [0.1, 0.15) is 16.9 Å². The van der Waals surface area contributed by atoms with Gasteiger partial charge < -0.3 is 5.73 Å². The molecule has 1 aromatic carbocycles. The third-order valence-corrected chi connectivity index (χ3v) is 3.68. The number of nitrogen functional groups attached to an aromatic ring is 1. The summed E-state index contributed by atoms with van der Waals surface area (Å²) in [4.78, 5) is 0. The Morgan fingerprint density at radius 3 is 2.84 bits per heavy atom. The van der Waals surface area contributed by atoms with Gasteiger partial charge in [-0.2, -0.15) is 0 Å². The average molecular weight is 257 g/mol. The molecule has 19 heavy (non-hydrogen) atoms. The predicted octanol–water partition coefficient (Wildman–Crippen LogP) is 1.66. The molecule has 3 aromatic rings. The van der Waals surface area contributed by atoms with Gasteiger partial charge >= 0.3 is 0 Å². The van der Waals surface area contributed by atoms with Crippen molar-refractivity contribution >= 4 is 16.7 Å². The van der Waals surface area contributed by atoms with Gasteiger partial charge in [-0.15, -0.1) is 0 Å². The molecule has 0 unspecified atom stereocenters. The number of aryl methyl sites for hydroxylation is 1. The molecule has 2 N–H and O–H groups in total. The van der Waals surface area contributed by atoms with Gasteiger partial charge in [0.2, 0.25) is 0 Å². The minimum Gasteiger partial charge on any atom is -0.397 e. The summed E-state index contributed by atoms with van der Waals surface area (Å²) < 4.78 is 9.66. The van der Waals surface area contributed by atoms with Crippen molar-refractivity contribution in [3.63, 3.8) is 0 Å². The molecule has 2 heterocycles. The summed E-state index contributed by atoms with van der Waals surface area (Å²) in [7, 11) is 0. The van der Waals surface area contributed by atoms with Crippen LogP contribution in [0.2, 0.25) is 0 Å². The number of anilines is 1. The monoisotopic (exact) mass is 257 g/mol. The molecular formula is C12H11N5O2.